The largest absolute Gasteiger partial charge is 3.00 e. The number of carboxylic acids is 3. The second kappa shape index (κ2) is 24.8. The van der Waals surface area contributed by atoms with Gasteiger partial charge in [0.2, 0.25) is 0 Å². The quantitative estimate of drug-likeness (QED) is 0.188. The fraction of sp³-hybridized carbons (Fsp3) is 0.900. The van der Waals surface area contributed by atoms with Gasteiger partial charge in [-0.1, -0.05) is 133 Å². The second-order valence-electron chi connectivity index (χ2n) is 11.7. The summed E-state index contributed by atoms with van der Waals surface area (Å²) in [5.74, 6) is -2.75. The Morgan fingerprint density at radius 2 is 0.811 bits per heavy atom. The van der Waals surface area contributed by atoms with E-state index in [1.54, 1.807) is 34.6 Å². The molecule has 0 aliphatic rings. The van der Waals surface area contributed by atoms with E-state index in [1.165, 1.54) is 25.7 Å². The first-order valence-electron chi connectivity index (χ1n) is 14.2. The van der Waals surface area contributed by atoms with Gasteiger partial charge < -0.3 is 29.7 Å². The summed E-state index contributed by atoms with van der Waals surface area (Å²) in [6.07, 6.45) is 14.9. The molecule has 0 N–H and O–H groups in total. The average Bonchev–Trinajstić information content (AvgIpc) is 2.79. The minimum Gasteiger partial charge on any atom is -0.550 e. The summed E-state index contributed by atoms with van der Waals surface area (Å²) in [5.41, 5.74) is -1.88. The number of carbonyl (C=O) groups is 3. The minimum atomic E-state index is -0.931. The number of carboxylic acid groups (broad SMARTS) is 3. The van der Waals surface area contributed by atoms with Crippen molar-refractivity contribution in [1.82, 2.24) is 0 Å². The zero-order chi connectivity index (χ0) is 28.8. The molecule has 0 spiro atoms. The number of carbonyl (C=O) groups excluding carboxylic acids is 3. The molecule has 0 aromatic rings. The Balaban J connectivity index is -0.000000218. The van der Waals surface area contributed by atoms with Gasteiger partial charge in [0.1, 0.15) is 0 Å². The molecule has 0 amide bonds. The van der Waals surface area contributed by atoms with Crippen molar-refractivity contribution in [2.45, 2.75) is 159 Å². The van der Waals surface area contributed by atoms with E-state index in [1.807, 2.05) is 6.92 Å². The van der Waals surface area contributed by atoms with Crippen molar-refractivity contribution in [3.63, 3.8) is 0 Å². The topological polar surface area (TPSA) is 120 Å². The van der Waals surface area contributed by atoms with Crippen LogP contribution in [0, 0.1) is 57.5 Å². The molecule has 0 rings (SSSR count). The van der Waals surface area contributed by atoms with Gasteiger partial charge in [0.25, 0.3) is 0 Å². The first kappa shape index (κ1) is 43.8. The third-order valence-corrected chi connectivity index (χ3v) is 6.79. The van der Waals surface area contributed by atoms with Gasteiger partial charge >= 0.3 is 41.3 Å². The van der Waals surface area contributed by atoms with Crippen LogP contribution in [0.15, 0.2) is 0 Å². The molecule has 37 heavy (non-hydrogen) atoms. The minimum absolute atomic E-state index is 0. The second-order valence-corrected chi connectivity index (χ2v) is 11.7. The summed E-state index contributed by atoms with van der Waals surface area (Å²) in [5, 5.41) is 32.0. The Bertz CT molecular complexity index is 555. The SMILES string of the molecule is CCCCC(C)(CCC)C(=O)[O-].CCCCCCC(C)(C)C(=O)[O-].CCCCCCC(C)(C)C(=O)[O-].[Pr+3]. The maximum absolute atomic E-state index is 10.8. The van der Waals surface area contributed by atoms with E-state index in [0.29, 0.717) is 0 Å². The van der Waals surface area contributed by atoms with E-state index < -0.39 is 34.2 Å². The van der Waals surface area contributed by atoms with E-state index in [0.717, 1.165) is 70.6 Å². The molecule has 0 aromatic heterocycles. The van der Waals surface area contributed by atoms with Crippen molar-refractivity contribution >= 4 is 17.9 Å². The van der Waals surface area contributed by atoms with Crippen LogP contribution in [0.4, 0.5) is 0 Å². The molecule has 0 fully saturated rings. The first-order valence-corrected chi connectivity index (χ1v) is 14.2. The molecule has 1 unspecified atom stereocenters. The van der Waals surface area contributed by atoms with Gasteiger partial charge in [0.05, 0.1) is 0 Å². The maximum atomic E-state index is 10.8. The molecule has 1 atom stereocenters. The van der Waals surface area contributed by atoms with Crippen molar-refractivity contribution in [2.75, 3.05) is 0 Å². The van der Waals surface area contributed by atoms with Crippen LogP contribution in [0.3, 0.4) is 0 Å². The van der Waals surface area contributed by atoms with Gasteiger partial charge in [-0.05, 0) is 25.7 Å². The Kier molecular flexibility index (Phi) is 29.4. The molecular formula is C30H57O6Pr. The van der Waals surface area contributed by atoms with E-state index in [9.17, 15) is 29.7 Å². The Hall–Kier alpha value is -0.226. The van der Waals surface area contributed by atoms with E-state index in [2.05, 4.69) is 20.8 Å². The van der Waals surface area contributed by atoms with Crippen molar-refractivity contribution in [2.24, 2.45) is 16.2 Å². The van der Waals surface area contributed by atoms with Crippen molar-refractivity contribution in [3.05, 3.63) is 0 Å². The Morgan fingerprint density at radius 1 is 0.459 bits per heavy atom. The number of hydrogen-bond donors (Lipinski definition) is 0. The molecule has 0 heterocycles. The number of hydrogen-bond acceptors (Lipinski definition) is 6. The standard InChI is InChI=1S/3C10H20O2.Pr/c2*1-4-5-6-7-8-10(2,3)9(11)12;1-4-6-8-10(3,7-5-2)9(11)12;/h3*4-8H2,1-3H3,(H,11,12);/q;;;+3/p-3. The van der Waals surface area contributed by atoms with Crippen LogP contribution in [0.1, 0.15) is 159 Å². The van der Waals surface area contributed by atoms with Crippen molar-refractivity contribution in [1.29, 1.82) is 0 Å². The molecule has 0 saturated heterocycles. The van der Waals surface area contributed by atoms with Gasteiger partial charge in [-0.3, -0.25) is 0 Å². The molecule has 0 saturated carbocycles. The summed E-state index contributed by atoms with van der Waals surface area (Å²) in [6, 6.07) is 0. The van der Waals surface area contributed by atoms with Crippen LogP contribution >= 0.6 is 0 Å². The van der Waals surface area contributed by atoms with Crippen molar-refractivity contribution in [3.8, 4) is 0 Å². The number of unbranched alkanes of at least 4 members (excludes halogenated alkanes) is 7. The summed E-state index contributed by atoms with van der Waals surface area (Å²) in [4.78, 5) is 32.0. The predicted molar refractivity (Wildman–Crippen MR) is 143 cm³/mol. The van der Waals surface area contributed by atoms with E-state index >= 15 is 0 Å². The third-order valence-electron chi connectivity index (χ3n) is 6.79. The first-order chi connectivity index (χ1) is 16.6. The fourth-order valence-corrected chi connectivity index (χ4v) is 3.64. The number of aliphatic carboxylic acids is 3. The molecule has 0 aromatic carbocycles. The molecule has 0 bridgehead atoms. The van der Waals surface area contributed by atoms with Gasteiger partial charge in [0, 0.05) is 34.2 Å². The van der Waals surface area contributed by atoms with Gasteiger partial charge in [-0.15, -0.1) is 0 Å². The van der Waals surface area contributed by atoms with Gasteiger partial charge in [-0.25, -0.2) is 0 Å². The Morgan fingerprint density at radius 3 is 1.05 bits per heavy atom. The summed E-state index contributed by atoms with van der Waals surface area (Å²) in [7, 11) is 0. The average molecular weight is 655 g/mol. The predicted octanol–water partition coefficient (Wildman–Crippen LogP) is 5.20. The van der Waals surface area contributed by atoms with Crippen LogP contribution in [0.25, 0.3) is 0 Å². The zero-order valence-electron chi connectivity index (χ0n) is 25.6. The zero-order valence-corrected chi connectivity index (χ0v) is 29.3. The van der Waals surface area contributed by atoms with Crippen LogP contribution in [0.5, 0.6) is 0 Å². The maximum Gasteiger partial charge on any atom is 3.00 e. The molecule has 0 aliphatic carbocycles. The summed E-state index contributed by atoms with van der Waals surface area (Å²) in [6.45, 7) is 17.1. The summed E-state index contributed by atoms with van der Waals surface area (Å²) >= 11 is 0. The molecular weight excluding hydrogens is 597 g/mol. The van der Waals surface area contributed by atoms with Crippen LogP contribution in [-0.4, -0.2) is 17.9 Å². The Labute approximate surface area is 262 Å². The molecule has 6 nitrogen and oxygen atoms in total. The van der Waals surface area contributed by atoms with Gasteiger partial charge in [-0.2, -0.15) is 0 Å². The monoisotopic (exact) mass is 654 g/mol. The molecule has 7 heteroatoms. The third kappa shape index (κ3) is 24.5. The van der Waals surface area contributed by atoms with E-state index in [-0.39, 0.29) is 41.3 Å². The van der Waals surface area contributed by atoms with Gasteiger partial charge in [0.15, 0.2) is 0 Å². The van der Waals surface area contributed by atoms with Crippen LogP contribution in [-0.2, 0) is 14.4 Å². The molecule has 216 valence electrons. The fourth-order valence-electron chi connectivity index (χ4n) is 3.64. The van der Waals surface area contributed by atoms with E-state index in [4.69, 9.17) is 0 Å². The molecule has 0 radical (unpaired) electrons. The van der Waals surface area contributed by atoms with Crippen LogP contribution in [0.2, 0.25) is 0 Å². The molecule has 0 aliphatic heterocycles. The smallest absolute Gasteiger partial charge is 0.550 e. The summed E-state index contributed by atoms with van der Waals surface area (Å²) < 4.78 is 0. The van der Waals surface area contributed by atoms with Crippen molar-refractivity contribution < 1.29 is 71.0 Å². The number of rotatable bonds is 18. The normalized spacial score (nSPS) is 12.6. The van der Waals surface area contributed by atoms with Crippen LogP contribution < -0.4 is 15.3 Å².